The molecule has 0 aliphatic rings. The number of hydrogen-bond acceptors (Lipinski definition) is 3. The first kappa shape index (κ1) is 21.7. The highest BCUT2D eigenvalue weighted by molar-refractivity contribution is 7.89. The number of halogens is 6. The minimum Gasteiger partial charge on any atom is -0.325 e. The number of nitrogens with one attached hydrogen (secondary N) is 2. The molecule has 152 valence electrons. The van der Waals surface area contributed by atoms with Crippen LogP contribution >= 0.6 is 0 Å². The van der Waals surface area contributed by atoms with Gasteiger partial charge in [0.1, 0.15) is 0 Å². The molecule has 0 aliphatic heterocycles. The van der Waals surface area contributed by atoms with Crippen molar-refractivity contribution < 1.29 is 39.6 Å². The predicted octanol–water partition coefficient (Wildman–Crippen LogP) is 3.64. The van der Waals surface area contributed by atoms with Crippen LogP contribution in [0.15, 0.2) is 53.4 Å². The Morgan fingerprint density at radius 1 is 0.857 bits per heavy atom. The molecule has 12 heteroatoms. The lowest BCUT2D eigenvalue weighted by Crippen LogP contribution is -2.33. The highest BCUT2D eigenvalue weighted by Gasteiger charge is 2.32. The highest BCUT2D eigenvalue weighted by Crippen LogP contribution is 2.31. The summed E-state index contributed by atoms with van der Waals surface area (Å²) >= 11 is 0. The molecule has 2 aromatic rings. The molecular weight excluding hydrogens is 414 g/mol. The minimum absolute atomic E-state index is 0.224. The molecular formula is C16H12F6N2O3S. The number of carbonyl (C=O) groups excluding carboxylic acids is 1. The van der Waals surface area contributed by atoms with Gasteiger partial charge in [-0.15, -0.1) is 0 Å². The molecule has 0 heterocycles. The molecule has 0 bridgehead atoms. The fourth-order valence-electron chi connectivity index (χ4n) is 2.06. The molecule has 0 unspecified atom stereocenters. The van der Waals surface area contributed by atoms with E-state index in [1.165, 1.54) is 0 Å². The van der Waals surface area contributed by atoms with Crippen molar-refractivity contribution in [3.8, 4) is 0 Å². The van der Waals surface area contributed by atoms with Gasteiger partial charge in [-0.05, 0) is 36.4 Å². The van der Waals surface area contributed by atoms with Crippen molar-refractivity contribution >= 4 is 21.6 Å². The van der Waals surface area contributed by atoms with E-state index in [2.05, 4.69) is 5.32 Å². The number of anilines is 1. The molecule has 1 amide bonds. The molecule has 2 rings (SSSR count). The number of rotatable bonds is 5. The maximum absolute atomic E-state index is 12.7. The van der Waals surface area contributed by atoms with E-state index in [1.54, 1.807) is 4.72 Å². The van der Waals surface area contributed by atoms with Crippen LogP contribution < -0.4 is 10.0 Å². The average Bonchev–Trinajstić information content (AvgIpc) is 2.59. The Labute approximate surface area is 155 Å². The van der Waals surface area contributed by atoms with Crippen molar-refractivity contribution in [2.75, 3.05) is 11.9 Å². The Bertz CT molecular complexity index is 971. The van der Waals surface area contributed by atoms with Gasteiger partial charge >= 0.3 is 12.4 Å². The van der Waals surface area contributed by atoms with E-state index >= 15 is 0 Å². The van der Waals surface area contributed by atoms with Crippen molar-refractivity contribution in [3.63, 3.8) is 0 Å². The lowest BCUT2D eigenvalue weighted by atomic mass is 10.2. The summed E-state index contributed by atoms with van der Waals surface area (Å²) in [6.07, 6.45) is -9.39. The predicted molar refractivity (Wildman–Crippen MR) is 86.7 cm³/mol. The van der Waals surface area contributed by atoms with Gasteiger partial charge < -0.3 is 5.32 Å². The second-order valence-corrected chi connectivity index (χ2v) is 7.24. The van der Waals surface area contributed by atoms with Crippen molar-refractivity contribution in [1.29, 1.82) is 0 Å². The van der Waals surface area contributed by atoms with Crippen molar-refractivity contribution in [2.24, 2.45) is 0 Å². The molecule has 0 spiro atoms. The van der Waals surface area contributed by atoms with Gasteiger partial charge in [-0.1, -0.05) is 12.1 Å². The summed E-state index contributed by atoms with van der Waals surface area (Å²) in [5.74, 6) is -1.00. The maximum Gasteiger partial charge on any atom is 0.416 e. The standard InChI is InChI=1S/C16H12F6N2O3S/c17-15(18,19)10-3-1-5-12(7-10)24-14(25)9-23-28(26,27)13-6-2-4-11(8-13)16(20,21)22/h1-8,23H,9H2,(H,24,25). The first-order valence-electron chi connectivity index (χ1n) is 7.43. The monoisotopic (exact) mass is 426 g/mol. The summed E-state index contributed by atoms with van der Waals surface area (Å²) in [5.41, 5.74) is -2.43. The van der Waals surface area contributed by atoms with E-state index < -0.39 is 50.9 Å². The Morgan fingerprint density at radius 2 is 1.39 bits per heavy atom. The first-order valence-corrected chi connectivity index (χ1v) is 8.91. The molecule has 2 aromatic carbocycles. The number of hydrogen-bond donors (Lipinski definition) is 2. The van der Waals surface area contributed by atoms with Crippen LogP contribution in [-0.4, -0.2) is 20.9 Å². The third kappa shape index (κ3) is 5.70. The second-order valence-electron chi connectivity index (χ2n) is 5.48. The lowest BCUT2D eigenvalue weighted by molar-refractivity contribution is -0.138. The maximum atomic E-state index is 12.7. The largest absolute Gasteiger partial charge is 0.416 e. The first-order chi connectivity index (χ1) is 12.8. The highest BCUT2D eigenvalue weighted by atomic mass is 32.2. The van der Waals surface area contributed by atoms with E-state index in [1.807, 2.05) is 0 Å². The fraction of sp³-hybridized carbons (Fsp3) is 0.188. The third-order valence-corrected chi connectivity index (χ3v) is 4.77. The second kappa shape index (κ2) is 7.80. The molecule has 0 aromatic heterocycles. The van der Waals surface area contributed by atoms with E-state index in [9.17, 15) is 39.6 Å². The van der Waals surface area contributed by atoms with Crippen LogP contribution in [0.3, 0.4) is 0 Å². The number of benzene rings is 2. The SMILES string of the molecule is O=C(CNS(=O)(=O)c1cccc(C(F)(F)F)c1)Nc1cccc(C(F)(F)F)c1. The molecule has 0 saturated carbocycles. The smallest absolute Gasteiger partial charge is 0.325 e. The van der Waals surface area contributed by atoms with E-state index in [0.29, 0.717) is 18.2 Å². The Hall–Kier alpha value is -2.60. The van der Waals surface area contributed by atoms with Crippen molar-refractivity contribution in [1.82, 2.24) is 4.72 Å². The van der Waals surface area contributed by atoms with Gasteiger partial charge in [0.15, 0.2) is 0 Å². The van der Waals surface area contributed by atoms with Crippen LogP contribution in [0.4, 0.5) is 32.0 Å². The van der Waals surface area contributed by atoms with Gasteiger partial charge in [0.2, 0.25) is 15.9 Å². The summed E-state index contributed by atoms with van der Waals surface area (Å²) in [5, 5.41) is 2.07. The van der Waals surface area contributed by atoms with Gasteiger partial charge in [0.25, 0.3) is 0 Å². The van der Waals surface area contributed by atoms with Gasteiger partial charge in [-0.25, -0.2) is 13.1 Å². The number of sulfonamides is 1. The Kier molecular flexibility index (Phi) is 6.04. The van der Waals surface area contributed by atoms with Crippen molar-refractivity contribution in [3.05, 3.63) is 59.7 Å². The Balaban J connectivity index is 2.06. The number of carbonyl (C=O) groups is 1. The quantitative estimate of drug-likeness (QED) is 0.717. The van der Waals surface area contributed by atoms with Crippen molar-refractivity contribution in [2.45, 2.75) is 17.2 Å². The summed E-state index contributed by atoms with van der Waals surface area (Å²) in [6.45, 7) is -0.894. The van der Waals surface area contributed by atoms with Gasteiger partial charge in [0.05, 0.1) is 22.6 Å². The fourth-order valence-corrected chi connectivity index (χ4v) is 3.09. The summed E-state index contributed by atoms with van der Waals surface area (Å²) in [4.78, 5) is 11.1. The van der Waals surface area contributed by atoms with Gasteiger partial charge in [-0.2, -0.15) is 26.3 Å². The molecule has 0 fully saturated rings. The van der Waals surface area contributed by atoms with Gasteiger partial charge in [-0.3, -0.25) is 4.79 Å². The zero-order chi connectivity index (χ0) is 21.2. The van der Waals surface area contributed by atoms with Crippen LogP contribution in [0, 0.1) is 0 Å². The van der Waals surface area contributed by atoms with E-state index in [-0.39, 0.29) is 5.69 Å². The number of amides is 1. The van der Waals surface area contributed by atoms with E-state index in [4.69, 9.17) is 0 Å². The zero-order valence-electron chi connectivity index (χ0n) is 13.7. The Morgan fingerprint density at radius 3 is 1.96 bits per heavy atom. The summed E-state index contributed by atoms with van der Waals surface area (Å²) < 4.78 is 102. The molecule has 2 N–H and O–H groups in total. The topological polar surface area (TPSA) is 75.3 Å². The average molecular weight is 426 g/mol. The van der Waals surface area contributed by atoms with E-state index in [0.717, 1.165) is 30.3 Å². The molecule has 0 radical (unpaired) electrons. The molecule has 0 aliphatic carbocycles. The van der Waals surface area contributed by atoms with Crippen LogP contribution in [0.1, 0.15) is 11.1 Å². The minimum atomic E-state index is -4.76. The number of alkyl halides is 6. The summed E-state index contributed by atoms with van der Waals surface area (Å²) in [6, 6.07) is 6.51. The van der Waals surface area contributed by atoms with Gasteiger partial charge in [0, 0.05) is 5.69 Å². The van der Waals surface area contributed by atoms with Crippen LogP contribution in [-0.2, 0) is 27.2 Å². The van der Waals surface area contributed by atoms with Crippen LogP contribution in [0.2, 0.25) is 0 Å². The molecule has 5 nitrogen and oxygen atoms in total. The lowest BCUT2D eigenvalue weighted by Gasteiger charge is -2.11. The molecule has 28 heavy (non-hydrogen) atoms. The van der Waals surface area contributed by atoms with Crippen LogP contribution in [0.25, 0.3) is 0 Å². The van der Waals surface area contributed by atoms with Crippen LogP contribution in [0.5, 0.6) is 0 Å². The molecule has 0 saturated heterocycles. The summed E-state index contributed by atoms with van der Waals surface area (Å²) in [7, 11) is -4.45. The third-order valence-electron chi connectivity index (χ3n) is 3.37. The molecule has 0 atom stereocenters. The normalized spacial score (nSPS) is 12.6. The zero-order valence-corrected chi connectivity index (χ0v) is 14.5.